The minimum absolute atomic E-state index is 0.209. The predicted molar refractivity (Wildman–Crippen MR) is 128 cm³/mol. The van der Waals surface area contributed by atoms with Gasteiger partial charge in [-0.15, -0.1) is 0 Å². The molecule has 2 heteroatoms. The maximum atomic E-state index is 11.8. The topological polar surface area (TPSA) is 26.3 Å². The molecule has 0 bridgehead atoms. The zero-order valence-corrected chi connectivity index (χ0v) is 20.0. The van der Waals surface area contributed by atoms with Crippen LogP contribution in [0.1, 0.15) is 112 Å². The molecule has 0 heterocycles. The molecule has 3 aliphatic carbocycles. The number of carbonyl (C=O) groups excluding carboxylic acids is 1. The summed E-state index contributed by atoms with van der Waals surface area (Å²) in [5, 5.41) is 0. The maximum Gasteiger partial charge on any atom is 0.337 e. The van der Waals surface area contributed by atoms with Gasteiger partial charge >= 0.3 is 5.97 Å². The van der Waals surface area contributed by atoms with Crippen molar-refractivity contribution in [2.45, 2.75) is 103 Å². The van der Waals surface area contributed by atoms with Crippen LogP contribution in [0, 0.1) is 29.6 Å². The van der Waals surface area contributed by atoms with Crippen molar-refractivity contribution in [2.24, 2.45) is 29.6 Å². The van der Waals surface area contributed by atoms with Gasteiger partial charge in [-0.3, -0.25) is 0 Å². The fourth-order valence-electron chi connectivity index (χ4n) is 7.18. The molecule has 2 saturated carbocycles. The Balaban J connectivity index is 1.25. The fourth-order valence-corrected chi connectivity index (χ4v) is 7.18. The molecule has 0 aliphatic heterocycles. The monoisotopic (exact) mass is 424 g/mol. The van der Waals surface area contributed by atoms with E-state index in [1.165, 1.54) is 108 Å². The Labute approximate surface area is 190 Å². The lowest BCUT2D eigenvalue weighted by molar-refractivity contribution is 0.0600. The van der Waals surface area contributed by atoms with E-state index in [9.17, 15) is 4.79 Å². The van der Waals surface area contributed by atoms with E-state index in [0.29, 0.717) is 5.56 Å². The number of hydrogen-bond donors (Lipinski definition) is 0. The van der Waals surface area contributed by atoms with Gasteiger partial charge in [-0.25, -0.2) is 4.79 Å². The maximum absolute atomic E-state index is 11.8. The number of rotatable bonds is 8. The molecule has 0 radical (unpaired) electrons. The first-order valence-electron chi connectivity index (χ1n) is 13.4. The van der Waals surface area contributed by atoms with Gasteiger partial charge in [0.05, 0.1) is 12.7 Å². The summed E-state index contributed by atoms with van der Waals surface area (Å²) in [6.45, 7) is 2.31. The highest BCUT2D eigenvalue weighted by Crippen LogP contribution is 2.49. The molecule has 0 spiro atoms. The molecule has 0 saturated heterocycles. The van der Waals surface area contributed by atoms with Gasteiger partial charge in [0, 0.05) is 0 Å². The Hall–Kier alpha value is -1.31. The molecule has 0 N–H and O–H groups in total. The molecule has 5 atom stereocenters. The van der Waals surface area contributed by atoms with Crippen molar-refractivity contribution in [3.05, 3.63) is 34.9 Å². The summed E-state index contributed by atoms with van der Waals surface area (Å²) in [6, 6.07) is 6.25. The van der Waals surface area contributed by atoms with E-state index in [2.05, 4.69) is 19.1 Å². The summed E-state index contributed by atoms with van der Waals surface area (Å²) < 4.78 is 4.90. The van der Waals surface area contributed by atoms with Crippen molar-refractivity contribution in [1.82, 2.24) is 0 Å². The summed E-state index contributed by atoms with van der Waals surface area (Å²) in [5.74, 6) is 4.65. The Morgan fingerprint density at radius 3 is 2.42 bits per heavy atom. The molecule has 0 amide bonds. The molecule has 2 nitrogen and oxygen atoms in total. The highest BCUT2D eigenvalue weighted by molar-refractivity contribution is 5.89. The number of aryl methyl sites for hydroxylation is 1. The number of ether oxygens (including phenoxy) is 1. The highest BCUT2D eigenvalue weighted by Gasteiger charge is 2.38. The van der Waals surface area contributed by atoms with E-state index in [1.807, 2.05) is 6.07 Å². The van der Waals surface area contributed by atoms with E-state index < -0.39 is 0 Å². The number of esters is 1. The SMILES string of the molecule is CCCCCCCC1CCC2CC(C3CCc4cc(C(=O)OC)ccc4C3)CCC2C1. The second-order valence-electron chi connectivity index (χ2n) is 11.0. The second kappa shape index (κ2) is 11.0. The van der Waals surface area contributed by atoms with Gasteiger partial charge in [0.15, 0.2) is 0 Å². The Morgan fingerprint density at radius 1 is 0.871 bits per heavy atom. The van der Waals surface area contributed by atoms with E-state index in [-0.39, 0.29) is 5.97 Å². The molecule has 5 unspecified atom stereocenters. The molecule has 172 valence electrons. The zero-order valence-electron chi connectivity index (χ0n) is 20.0. The summed E-state index contributed by atoms with van der Waals surface area (Å²) in [7, 11) is 1.47. The average Bonchev–Trinajstić information content (AvgIpc) is 2.82. The second-order valence-corrected chi connectivity index (χ2v) is 11.0. The third kappa shape index (κ3) is 5.74. The lowest BCUT2D eigenvalue weighted by atomic mass is 9.61. The van der Waals surface area contributed by atoms with E-state index in [1.54, 1.807) is 0 Å². The summed E-state index contributed by atoms with van der Waals surface area (Å²) in [5.41, 5.74) is 3.58. The summed E-state index contributed by atoms with van der Waals surface area (Å²) in [4.78, 5) is 11.8. The molecular formula is C29H44O2. The van der Waals surface area contributed by atoms with E-state index in [0.717, 1.165) is 36.0 Å². The molecule has 4 rings (SSSR count). The van der Waals surface area contributed by atoms with Crippen molar-refractivity contribution in [3.63, 3.8) is 0 Å². The number of benzene rings is 1. The molecular weight excluding hydrogens is 380 g/mol. The van der Waals surface area contributed by atoms with Crippen LogP contribution in [0.15, 0.2) is 18.2 Å². The molecule has 3 aliphatic rings. The van der Waals surface area contributed by atoms with Crippen LogP contribution in [0.5, 0.6) is 0 Å². The number of methoxy groups -OCH3 is 1. The smallest absolute Gasteiger partial charge is 0.337 e. The third-order valence-corrected chi connectivity index (χ3v) is 9.04. The van der Waals surface area contributed by atoms with E-state index in [4.69, 9.17) is 4.74 Å². The van der Waals surface area contributed by atoms with E-state index >= 15 is 0 Å². The van der Waals surface area contributed by atoms with Gasteiger partial charge in [0.25, 0.3) is 0 Å². The predicted octanol–water partition coefficient (Wildman–Crippen LogP) is 7.77. The molecule has 1 aromatic carbocycles. The minimum Gasteiger partial charge on any atom is -0.465 e. The fraction of sp³-hybridized carbons (Fsp3) is 0.759. The van der Waals surface area contributed by atoms with Gasteiger partial charge in [-0.1, -0.05) is 57.9 Å². The van der Waals surface area contributed by atoms with Crippen molar-refractivity contribution in [3.8, 4) is 0 Å². The first kappa shape index (κ1) is 22.9. The van der Waals surface area contributed by atoms with Crippen LogP contribution in [0.4, 0.5) is 0 Å². The summed E-state index contributed by atoms with van der Waals surface area (Å²) >= 11 is 0. The van der Waals surface area contributed by atoms with Gasteiger partial charge < -0.3 is 4.74 Å². The van der Waals surface area contributed by atoms with Gasteiger partial charge in [-0.2, -0.15) is 0 Å². The number of fused-ring (bicyclic) bond motifs is 2. The summed E-state index contributed by atoms with van der Waals surface area (Å²) in [6.07, 6.45) is 21.3. The van der Waals surface area contributed by atoms with Crippen LogP contribution < -0.4 is 0 Å². The van der Waals surface area contributed by atoms with Crippen molar-refractivity contribution in [2.75, 3.05) is 7.11 Å². The van der Waals surface area contributed by atoms with Crippen LogP contribution in [0.25, 0.3) is 0 Å². The Bertz CT molecular complexity index is 723. The third-order valence-electron chi connectivity index (χ3n) is 9.04. The first-order valence-corrected chi connectivity index (χ1v) is 13.4. The Kier molecular flexibility index (Phi) is 8.13. The number of unbranched alkanes of at least 4 members (excludes halogenated alkanes) is 4. The lowest BCUT2D eigenvalue weighted by Gasteiger charge is -2.45. The zero-order chi connectivity index (χ0) is 21.6. The Morgan fingerprint density at radius 2 is 1.61 bits per heavy atom. The van der Waals surface area contributed by atoms with Crippen molar-refractivity contribution >= 4 is 5.97 Å². The van der Waals surface area contributed by atoms with Crippen molar-refractivity contribution in [1.29, 1.82) is 0 Å². The van der Waals surface area contributed by atoms with Crippen LogP contribution >= 0.6 is 0 Å². The quantitative estimate of drug-likeness (QED) is 0.315. The van der Waals surface area contributed by atoms with Crippen LogP contribution in [-0.2, 0) is 17.6 Å². The van der Waals surface area contributed by atoms with Crippen LogP contribution in [0.2, 0.25) is 0 Å². The molecule has 0 aromatic heterocycles. The largest absolute Gasteiger partial charge is 0.465 e. The van der Waals surface area contributed by atoms with Gasteiger partial charge in [0.1, 0.15) is 0 Å². The van der Waals surface area contributed by atoms with Crippen LogP contribution in [-0.4, -0.2) is 13.1 Å². The average molecular weight is 425 g/mol. The number of carbonyl (C=O) groups is 1. The molecule has 2 fully saturated rings. The van der Waals surface area contributed by atoms with Crippen molar-refractivity contribution < 1.29 is 9.53 Å². The van der Waals surface area contributed by atoms with Crippen LogP contribution in [0.3, 0.4) is 0 Å². The first-order chi connectivity index (χ1) is 15.2. The van der Waals surface area contributed by atoms with Gasteiger partial charge in [0.2, 0.25) is 0 Å². The molecule has 1 aromatic rings. The normalized spacial score (nSPS) is 30.3. The lowest BCUT2D eigenvalue weighted by Crippen LogP contribution is -2.35. The highest BCUT2D eigenvalue weighted by atomic mass is 16.5. The molecule has 31 heavy (non-hydrogen) atoms. The minimum atomic E-state index is -0.209. The standard InChI is InChI=1S/C29H44O2/c1-3-4-5-6-7-8-21-9-10-23-18-24(12-11-22(23)17-21)25-13-14-27-20-28(29(30)31-2)16-15-26(27)19-25/h15-16,20-25H,3-14,17-19H2,1-2H3. The number of hydrogen-bond acceptors (Lipinski definition) is 2. The van der Waals surface area contributed by atoms with Gasteiger partial charge in [-0.05, 0) is 104 Å².